The molecule has 0 aliphatic rings. The number of nitrogens with one attached hydrogen (secondary N) is 1. The Morgan fingerprint density at radius 1 is 1.06 bits per heavy atom. The molecule has 0 heterocycles. The number of esters is 1. The van der Waals surface area contributed by atoms with Gasteiger partial charge in [-0.05, 0) is 18.8 Å². The summed E-state index contributed by atoms with van der Waals surface area (Å²) in [7, 11) is 0. The molecule has 0 saturated heterocycles. The number of rotatable bonds is 7. The first kappa shape index (κ1) is 15.7. The average Bonchev–Trinajstić information content (AvgIpc) is 2.29. The van der Waals surface area contributed by atoms with E-state index in [2.05, 4.69) is 5.32 Å². The minimum absolute atomic E-state index is 0.0338. The summed E-state index contributed by atoms with van der Waals surface area (Å²) in [5.41, 5.74) is 0. The molecule has 0 aliphatic carbocycles. The highest BCUT2D eigenvalue weighted by atomic mass is 16.6. The van der Waals surface area contributed by atoms with E-state index in [0.29, 0.717) is 13.2 Å². The maximum absolute atomic E-state index is 11.7. The second kappa shape index (κ2) is 8.84. The summed E-state index contributed by atoms with van der Waals surface area (Å²) >= 11 is 0. The SMILES string of the molecule is CCCOC(=O)NC(C(=O)OCCC)C(C)C. The lowest BCUT2D eigenvalue weighted by Crippen LogP contribution is -2.45. The van der Waals surface area contributed by atoms with Crippen LogP contribution in [0.15, 0.2) is 0 Å². The highest BCUT2D eigenvalue weighted by molar-refractivity contribution is 5.81. The van der Waals surface area contributed by atoms with Crippen molar-refractivity contribution in [2.45, 2.75) is 46.6 Å². The third-order valence-corrected chi connectivity index (χ3v) is 2.08. The lowest BCUT2D eigenvalue weighted by Gasteiger charge is -2.20. The second-order valence-electron chi connectivity index (χ2n) is 4.17. The van der Waals surface area contributed by atoms with Gasteiger partial charge in [0.05, 0.1) is 13.2 Å². The van der Waals surface area contributed by atoms with Crippen LogP contribution >= 0.6 is 0 Å². The van der Waals surface area contributed by atoms with Crippen LogP contribution in [0.5, 0.6) is 0 Å². The Morgan fingerprint density at radius 2 is 1.59 bits per heavy atom. The molecule has 100 valence electrons. The summed E-state index contributed by atoms with van der Waals surface area (Å²) in [6.45, 7) is 8.23. The number of amides is 1. The molecule has 1 amide bonds. The van der Waals surface area contributed by atoms with Crippen LogP contribution in [0.1, 0.15) is 40.5 Å². The summed E-state index contributed by atoms with van der Waals surface area (Å²) in [5.74, 6) is -0.441. The Morgan fingerprint density at radius 3 is 2.06 bits per heavy atom. The Hall–Kier alpha value is -1.26. The largest absolute Gasteiger partial charge is 0.464 e. The van der Waals surface area contributed by atoms with E-state index in [4.69, 9.17) is 9.47 Å². The molecule has 5 nitrogen and oxygen atoms in total. The molecule has 1 atom stereocenters. The van der Waals surface area contributed by atoms with Crippen LogP contribution in [0.2, 0.25) is 0 Å². The van der Waals surface area contributed by atoms with Gasteiger partial charge < -0.3 is 14.8 Å². The second-order valence-corrected chi connectivity index (χ2v) is 4.17. The van der Waals surface area contributed by atoms with Crippen molar-refractivity contribution in [1.29, 1.82) is 0 Å². The predicted molar refractivity (Wildman–Crippen MR) is 64.7 cm³/mol. The zero-order valence-corrected chi connectivity index (χ0v) is 11.1. The number of carbonyl (C=O) groups excluding carboxylic acids is 2. The quantitative estimate of drug-likeness (QED) is 0.698. The minimum Gasteiger partial charge on any atom is -0.464 e. The summed E-state index contributed by atoms with van der Waals surface area (Å²) in [5, 5.41) is 2.52. The van der Waals surface area contributed by atoms with Crippen LogP contribution in [-0.4, -0.2) is 31.3 Å². The van der Waals surface area contributed by atoms with Crippen LogP contribution in [0, 0.1) is 5.92 Å². The van der Waals surface area contributed by atoms with Gasteiger partial charge >= 0.3 is 12.1 Å². The Kier molecular flexibility index (Phi) is 8.19. The molecule has 0 fully saturated rings. The maximum Gasteiger partial charge on any atom is 0.407 e. The van der Waals surface area contributed by atoms with Crippen LogP contribution in [-0.2, 0) is 14.3 Å². The molecule has 1 N–H and O–H groups in total. The van der Waals surface area contributed by atoms with E-state index >= 15 is 0 Å². The summed E-state index contributed by atoms with van der Waals surface area (Å²) in [4.78, 5) is 23.0. The third-order valence-electron chi connectivity index (χ3n) is 2.08. The van der Waals surface area contributed by atoms with Crippen LogP contribution in [0.3, 0.4) is 0 Å². The topological polar surface area (TPSA) is 64.6 Å². The number of carbonyl (C=O) groups is 2. The molecule has 0 aromatic carbocycles. The summed E-state index contributed by atoms with van der Waals surface area (Å²) in [6.07, 6.45) is 0.940. The fraction of sp³-hybridized carbons (Fsp3) is 0.833. The van der Waals surface area contributed by atoms with Gasteiger partial charge in [-0.1, -0.05) is 27.7 Å². The molecule has 0 aliphatic heterocycles. The lowest BCUT2D eigenvalue weighted by molar-refractivity contribution is -0.147. The molecule has 0 bridgehead atoms. The van der Waals surface area contributed by atoms with Crippen LogP contribution in [0.25, 0.3) is 0 Å². The zero-order valence-electron chi connectivity index (χ0n) is 11.1. The van der Waals surface area contributed by atoms with E-state index in [1.807, 2.05) is 27.7 Å². The van der Waals surface area contributed by atoms with E-state index in [9.17, 15) is 9.59 Å². The smallest absolute Gasteiger partial charge is 0.407 e. The molecular weight excluding hydrogens is 222 g/mol. The summed E-state index contributed by atoms with van der Waals surface area (Å²) in [6, 6.07) is -0.647. The predicted octanol–water partition coefficient (Wildman–Crippen LogP) is 2.10. The Balaban J connectivity index is 4.23. The molecule has 17 heavy (non-hydrogen) atoms. The number of ether oxygens (including phenoxy) is 2. The Bertz CT molecular complexity index is 241. The van der Waals surface area contributed by atoms with E-state index in [-0.39, 0.29) is 5.92 Å². The first-order valence-corrected chi connectivity index (χ1v) is 6.12. The van der Waals surface area contributed by atoms with Gasteiger partial charge in [-0.15, -0.1) is 0 Å². The monoisotopic (exact) mass is 245 g/mol. The van der Waals surface area contributed by atoms with Crippen molar-refractivity contribution in [3.63, 3.8) is 0 Å². The van der Waals surface area contributed by atoms with Crippen molar-refractivity contribution >= 4 is 12.1 Å². The molecule has 0 aromatic rings. The van der Waals surface area contributed by atoms with Gasteiger partial charge in [0.2, 0.25) is 0 Å². The standard InChI is InChI=1S/C12H23NO4/c1-5-7-16-11(14)10(9(3)4)13-12(15)17-8-6-2/h9-10H,5-8H2,1-4H3,(H,13,15). The van der Waals surface area contributed by atoms with Crippen molar-refractivity contribution in [3.8, 4) is 0 Å². The minimum atomic E-state index is -0.647. The molecule has 0 rings (SSSR count). The number of hydrogen-bond acceptors (Lipinski definition) is 4. The van der Waals surface area contributed by atoms with Crippen molar-refractivity contribution < 1.29 is 19.1 Å². The number of alkyl carbamates (subject to hydrolysis) is 1. The summed E-state index contributed by atoms with van der Waals surface area (Å²) < 4.78 is 9.88. The van der Waals surface area contributed by atoms with Crippen LogP contribution < -0.4 is 5.32 Å². The fourth-order valence-electron chi connectivity index (χ4n) is 1.15. The highest BCUT2D eigenvalue weighted by Crippen LogP contribution is 2.05. The molecular formula is C12H23NO4. The van der Waals surface area contributed by atoms with E-state index < -0.39 is 18.1 Å². The highest BCUT2D eigenvalue weighted by Gasteiger charge is 2.25. The number of hydrogen-bond donors (Lipinski definition) is 1. The van der Waals surface area contributed by atoms with E-state index in [1.54, 1.807) is 0 Å². The van der Waals surface area contributed by atoms with Gasteiger partial charge in [-0.25, -0.2) is 9.59 Å². The lowest BCUT2D eigenvalue weighted by atomic mass is 10.1. The average molecular weight is 245 g/mol. The molecule has 0 saturated carbocycles. The normalized spacial score (nSPS) is 12.1. The van der Waals surface area contributed by atoms with Gasteiger partial charge in [0, 0.05) is 0 Å². The molecule has 5 heteroatoms. The van der Waals surface area contributed by atoms with E-state index in [0.717, 1.165) is 12.8 Å². The molecule has 0 spiro atoms. The molecule has 0 aromatic heterocycles. The fourth-order valence-corrected chi connectivity index (χ4v) is 1.15. The van der Waals surface area contributed by atoms with Crippen LogP contribution in [0.4, 0.5) is 4.79 Å². The van der Waals surface area contributed by atoms with Gasteiger partial charge in [0.1, 0.15) is 6.04 Å². The first-order chi connectivity index (χ1) is 8.02. The van der Waals surface area contributed by atoms with Crippen molar-refractivity contribution in [1.82, 2.24) is 5.32 Å². The first-order valence-electron chi connectivity index (χ1n) is 6.12. The van der Waals surface area contributed by atoms with Gasteiger partial charge in [-0.3, -0.25) is 0 Å². The van der Waals surface area contributed by atoms with Crippen molar-refractivity contribution in [2.24, 2.45) is 5.92 Å². The Labute approximate surface area is 103 Å². The van der Waals surface area contributed by atoms with Gasteiger partial charge in [-0.2, -0.15) is 0 Å². The van der Waals surface area contributed by atoms with E-state index in [1.165, 1.54) is 0 Å². The molecule has 1 unspecified atom stereocenters. The molecule has 0 radical (unpaired) electrons. The van der Waals surface area contributed by atoms with Gasteiger partial charge in [0.25, 0.3) is 0 Å². The van der Waals surface area contributed by atoms with Crippen molar-refractivity contribution in [3.05, 3.63) is 0 Å². The van der Waals surface area contributed by atoms with Crippen molar-refractivity contribution in [2.75, 3.05) is 13.2 Å². The third kappa shape index (κ3) is 6.81. The maximum atomic E-state index is 11.7. The van der Waals surface area contributed by atoms with Gasteiger partial charge in [0.15, 0.2) is 0 Å². The zero-order chi connectivity index (χ0) is 13.3.